The third-order valence-electron chi connectivity index (χ3n) is 4.28. The third kappa shape index (κ3) is 3.78. The predicted octanol–water partition coefficient (Wildman–Crippen LogP) is 2.42. The van der Waals surface area contributed by atoms with E-state index in [9.17, 15) is 9.59 Å². The Balaban J connectivity index is 1.69. The fraction of sp³-hybridized carbons (Fsp3) is 0.0952. The molecule has 0 fully saturated rings. The van der Waals surface area contributed by atoms with Crippen LogP contribution in [0.5, 0.6) is 0 Å². The van der Waals surface area contributed by atoms with Gasteiger partial charge in [-0.05, 0) is 29.8 Å². The van der Waals surface area contributed by atoms with E-state index in [1.54, 1.807) is 49.1 Å². The van der Waals surface area contributed by atoms with Gasteiger partial charge in [0.05, 0.1) is 23.0 Å². The molecule has 7 nitrogen and oxygen atoms in total. The van der Waals surface area contributed by atoms with Gasteiger partial charge in [0.15, 0.2) is 0 Å². The van der Waals surface area contributed by atoms with Crippen LogP contribution in [0.4, 0.5) is 5.69 Å². The highest BCUT2D eigenvalue weighted by Gasteiger charge is 2.13. The molecule has 0 saturated carbocycles. The highest BCUT2D eigenvalue weighted by molar-refractivity contribution is 5.90. The fourth-order valence-electron chi connectivity index (χ4n) is 3.01. The van der Waals surface area contributed by atoms with Crippen molar-refractivity contribution in [2.45, 2.75) is 13.0 Å². The zero-order valence-electron chi connectivity index (χ0n) is 14.9. The van der Waals surface area contributed by atoms with E-state index in [1.165, 1.54) is 4.68 Å². The molecule has 0 atom stereocenters. The molecule has 7 heteroatoms. The van der Waals surface area contributed by atoms with Gasteiger partial charge in [-0.25, -0.2) is 4.68 Å². The first-order valence-electron chi connectivity index (χ1n) is 8.78. The van der Waals surface area contributed by atoms with Crippen molar-refractivity contribution in [1.82, 2.24) is 19.7 Å². The number of carbonyl (C=O) groups is 1. The van der Waals surface area contributed by atoms with E-state index in [0.29, 0.717) is 17.5 Å². The third-order valence-corrected chi connectivity index (χ3v) is 4.28. The summed E-state index contributed by atoms with van der Waals surface area (Å²) in [5.41, 5.74) is 1.96. The second-order valence-electron chi connectivity index (χ2n) is 6.28. The number of carbonyl (C=O) groups excluding carboxylic acids is 1. The molecule has 3 heterocycles. The first-order chi connectivity index (χ1) is 13.7. The number of nitrogens with one attached hydrogen (secondary N) is 1. The number of hydrogen-bond donors (Lipinski definition) is 1. The number of rotatable bonds is 5. The van der Waals surface area contributed by atoms with Gasteiger partial charge < -0.3 is 5.32 Å². The van der Waals surface area contributed by atoms with Crippen molar-refractivity contribution >= 4 is 22.4 Å². The SMILES string of the molecule is O=C(Cn1nc(Cc2cccnc2)c2ccccc2c1=O)Nc1cccnc1. The van der Waals surface area contributed by atoms with Gasteiger partial charge >= 0.3 is 0 Å². The molecule has 0 radical (unpaired) electrons. The number of benzene rings is 1. The Morgan fingerprint density at radius 2 is 1.68 bits per heavy atom. The second-order valence-corrected chi connectivity index (χ2v) is 6.28. The van der Waals surface area contributed by atoms with Crippen molar-refractivity contribution in [2.75, 3.05) is 5.32 Å². The average Bonchev–Trinajstić information content (AvgIpc) is 2.73. The van der Waals surface area contributed by atoms with E-state index in [2.05, 4.69) is 20.4 Å². The number of amides is 1. The van der Waals surface area contributed by atoms with Crippen LogP contribution in [0, 0.1) is 0 Å². The van der Waals surface area contributed by atoms with Crippen molar-refractivity contribution in [2.24, 2.45) is 0 Å². The fourth-order valence-corrected chi connectivity index (χ4v) is 3.01. The molecule has 3 aromatic heterocycles. The van der Waals surface area contributed by atoms with Crippen molar-refractivity contribution in [1.29, 1.82) is 0 Å². The summed E-state index contributed by atoms with van der Waals surface area (Å²) in [4.78, 5) is 33.3. The molecule has 1 amide bonds. The summed E-state index contributed by atoms with van der Waals surface area (Å²) in [6.45, 7) is -0.182. The Hall–Kier alpha value is -3.87. The second kappa shape index (κ2) is 7.79. The lowest BCUT2D eigenvalue weighted by molar-refractivity contribution is -0.117. The minimum Gasteiger partial charge on any atom is -0.323 e. The summed E-state index contributed by atoms with van der Waals surface area (Å²) in [6, 6.07) is 14.6. The van der Waals surface area contributed by atoms with Crippen molar-refractivity contribution in [3.8, 4) is 0 Å². The average molecular weight is 371 g/mol. The normalized spacial score (nSPS) is 10.7. The van der Waals surface area contributed by atoms with Crippen LogP contribution >= 0.6 is 0 Å². The minimum atomic E-state index is -0.342. The highest BCUT2D eigenvalue weighted by Crippen LogP contribution is 2.16. The Morgan fingerprint density at radius 1 is 0.929 bits per heavy atom. The molecule has 4 aromatic rings. The molecule has 138 valence electrons. The Morgan fingerprint density at radius 3 is 2.39 bits per heavy atom. The summed E-state index contributed by atoms with van der Waals surface area (Å²) in [5.74, 6) is -0.342. The van der Waals surface area contributed by atoms with Crippen LogP contribution in [0.2, 0.25) is 0 Å². The maximum absolute atomic E-state index is 12.8. The van der Waals surface area contributed by atoms with E-state index < -0.39 is 0 Å². The van der Waals surface area contributed by atoms with E-state index >= 15 is 0 Å². The summed E-state index contributed by atoms with van der Waals surface area (Å²) < 4.78 is 1.21. The smallest absolute Gasteiger partial charge is 0.275 e. The molecule has 0 aliphatic rings. The van der Waals surface area contributed by atoms with E-state index in [-0.39, 0.29) is 18.0 Å². The Kier molecular flexibility index (Phi) is 4.88. The predicted molar refractivity (Wildman–Crippen MR) is 106 cm³/mol. The number of hydrogen-bond acceptors (Lipinski definition) is 5. The van der Waals surface area contributed by atoms with Crippen LogP contribution < -0.4 is 10.9 Å². The van der Waals surface area contributed by atoms with Gasteiger partial charge in [-0.1, -0.05) is 24.3 Å². The topological polar surface area (TPSA) is 89.8 Å². The van der Waals surface area contributed by atoms with Gasteiger partial charge in [0.25, 0.3) is 5.56 Å². The largest absolute Gasteiger partial charge is 0.323 e. The molecule has 0 aliphatic heterocycles. The zero-order valence-corrected chi connectivity index (χ0v) is 14.9. The van der Waals surface area contributed by atoms with Crippen LogP contribution in [0.25, 0.3) is 10.8 Å². The van der Waals surface area contributed by atoms with Gasteiger partial charge in [0, 0.05) is 30.4 Å². The van der Waals surface area contributed by atoms with Gasteiger partial charge in [0.1, 0.15) is 6.54 Å². The highest BCUT2D eigenvalue weighted by atomic mass is 16.2. The summed E-state index contributed by atoms with van der Waals surface area (Å²) in [5, 5.41) is 8.51. The molecule has 0 saturated heterocycles. The number of fused-ring (bicyclic) bond motifs is 1. The summed E-state index contributed by atoms with van der Waals surface area (Å²) in [6.07, 6.45) is 7.15. The Labute approximate surface area is 160 Å². The monoisotopic (exact) mass is 371 g/mol. The minimum absolute atomic E-state index is 0.182. The Bertz CT molecular complexity index is 1170. The van der Waals surface area contributed by atoms with Gasteiger partial charge in [-0.2, -0.15) is 5.10 Å². The van der Waals surface area contributed by atoms with Gasteiger partial charge in [-0.15, -0.1) is 0 Å². The maximum atomic E-state index is 12.8. The lowest BCUT2D eigenvalue weighted by Gasteiger charge is -2.11. The van der Waals surface area contributed by atoms with Gasteiger partial charge in [-0.3, -0.25) is 19.6 Å². The van der Waals surface area contributed by atoms with Crippen LogP contribution in [0.1, 0.15) is 11.3 Å². The molecule has 28 heavy (non-hydrogen) atoms. The molecule has 0 bridgehead atoms. The van der Waals surface area contributed by atoms with E-state index in [4.69, 9.17) is 0 Å². The standard InChI is InChI=1S/C21H17N5O2/c27-20(24-16-6-4-10-23-13-16)14-26-21(28)18-8-2-1-7-17(18)19(25-26)11-15-5-3-9-22-12-15/h1-10,12-13H,11,14H2,(H,24,27). The summed E-state index contributed by atoms with van der Waals surface area (Å²) >= 11 is 0. The first-order valence-corrected chi connectivity index (χ1v) is 8.78. The lowest BCUT2D eigenvalue weighted by atomic mass is 10.1. The maximum Gasteiger partial charge on any atom is 0.275 e. The van der Waals surface area contributed by atoms with Crippen molar-refractivity contribution in [3.05, 3.63) is 94.9 Å². The number of anilines is 1. The molecule has 1 aromatic carbocycles. The van der Waals surface area contributed by atoms with Crippen LogP contribution in [0.3, 0.4) is 0 Å². The van der Waals surface area contributed by atoms with E-state index in [1.807, 2.05) is 24.3 Å². The molecule has 4 rings (SSSR count). The molecule has 0 spiro atoms. The van der Waals surface area contributed by atoms with Gasteiger partial charge in [0.2, 0.25) is 5.91 Å². The molecule has 0 unspecified atom stereocenters. The lowest BCUT2D eigenvalue weighted by Crippen LogP contribution is -2.30. The van der Waals surface area contributed by atoms with Crippen LogP contribution in [-0.2, 0) is 17.8 Å². The van der Waals surface area contributed by atoms with Crippen LogP contribution in [-0.4, -0.2) is 25.7 Å². The number of pyridine rings is 2. The number of aromatic nitrogens is 4. The molecular formula is C21H17N5O2. The molecular weight excluding hydrogens is 354 g/mol. The zero-order chi connectivity index (χ0) is 19.3. The van der Waals surface area contributed by atoms with Crippen LogP contribution in [0.15, 0.2) is 78.1 Å². The summed E-state index contributed by atoms with van der Waals surface area (Å²) in [7, 11) is 0. The van der Waals surface area contributed by atoms with Crippen molar-refractivity contribution in [3.63, 3.8) is 0 Å². The molecule has 1 N–H and O–H groups in total. The quantitative estimate of drug-likeness (QED) is 0.582. The van der Waals surface area contributed by atoms with Crippen molar-refractivity contribution < 1.29 is 4.79 Å². The first kappa shape index (κ1) is 17.5. The van der Waals surface area contributed by atoms with E-state index in [0.717, 1.165) is 16.6 Å². The molecule has 0 aliphatic carbocycles. The number of nitrogens with zero attached hydrogens (tertiary/aromatic N) is 4.